The molecule has 4 rings (SSSR count). The van der Waals surface area contributed by atoms with E-state index in [4.69, 9.17) is 0 Å². The maximum atomic E-state index is 11.7. The zero-order valence-electron chi connectivity index (χ0n) is 14.5. The Balaban J connectivity index is 1.40. The van der Waals surface area contributed by atoms with Crippen LogP contribution < -0.4 is 10.6 Å². The lowest BCUT2D eigenvalue weighted by Gasteiger charge is -2.09. The fourth-order valence-corrected chi connectivity index (χ4v) is 3.34. The largest absolute Gasteiger partial charge is 0.379 e. The number of benzene rings is 1. The number of hydrogen-bond donors (Lipinski definition) is 2. The quantitative estimate of drug-likeness (QED) is 0.695. The van der Waals surface area contributed by atoms with Crippen LogP contribution in [0.4, 0.5) is 5.69 Å². The lowest BCUT2D eigenvalue weighted by Crippen LogP contribution is -2.22. The number of fused-ring (bicyclic) bond motifs is 1. The summed E-state index contributed by atoms with van der Waals surface area (Å²) in [6.07, 6.45) is 4.78. The first kappa shape index (κ1) is 16.3. The minimum absolute atomic E-state index is 0.167. The van der Waals surface area contributed by atoms with E-state index in [9.17, 15) is 9.59 Å². The van der Waals surface area contributed by atoms with E-state index in [1.165, 1.54) is 0 Å². The summed E-state index contributed by atoms with van der Waals surface area (Å²) in [5.41, 5.74) is 5.27. The van der Waals surface area contributed by atoms with Gasteiger partial charge in [0.25, 0.3) is 0 Å². The predicted octanol–water partition coefficient (Wildman–Crippen LogP) is 2.46. The number of rotatable bonds is 5. The van der Waals surface area contributed by atoms with Crippen molar-refractivity contribution in [2.45, 2.75) is 26.3 Å². The SMILES string of the molecule is Cc1cccn2c(CNc3ccc(C[C@@H]4CC(=O)NC4=O)cc3)cnc12. The molecule has 0 spiro atoms. The molecule has 0 bridgehead atoms. The third-order valence-electron chi connectivity index (χ3n) is 4.78. The van der Waals surface area contributed by atoms with Gasteiger partial charge in [-0.1, -0.05) is 18.2 Å². The summed E-state index contributed by atoms with van der Waals surface area (Å²) in [4.78, 5) is 27.4. The van der Waals surface area contributed by atoms with Gasteiger partial charge in [0.1, 0.15) is 5.65 Å². The van der Waals surface area contributed by atoms with Crippen LogP contribution >= 0.6 is 0 Å². The van der Waals surface area contributed by atoms with Crippen LogP contribution in [0, 0.1) is 12.8 Å². The number of hydrogen-bond acceptors (Lipinski definition) is 4. The van der Waals surface area contributed by atoms with Crippen molar-refractivity contribution >= 4 is 23.1 Å². The Morgan fingerprint density at radius 3 is 2.77 bits per heavy atom. The van der Waals surface area contributed by atoms with Gasteiger partial charge in [-0.25, -0.2) is 4.98 Å². The van der Waals surface area contributed by atoms with E-state index in [1.54, 1.807) is 0 Å². The Bertz CT molecular complexity index is 975. The van der Waals surface area contributed by atoms with Gasteiger partial charge < -0.3 is 9.72 Å². The number of aromatic nitrogens is 2. The highest BCUT2D eigenvalue weighted by molar-refractivity contribution is 6.03. The summed E-state index contributed by atoms with van der Waals surface area (Å²) < 4.78 is 2.09. The zero-order valence-corrected chi connectivity index (χ0v) is 14.5. The molecule has 1 fully saturated rings. The van der Waals surface area contributed by atoms with Crippen LogP contribution in [-0.4, -0.2) is 21.2 Å². The number of nitrogens with zero attached hydrogens (tertiary/aromatic N) is 2. The maximum Gasteiger partial charge on any atom is 0.230 e. The monoisotopic (exact) mass is 348 g/mol. The molecule has 132 valence electrons. The van der Waals surface area contributed by atoms with Crippen molar-refractivity contribution in [3.8, 4) is 0 Å². The second kappa shape index (κ2) is 6.63. The number of amides is 2. The van der Waals surface area contributed by atoms with Crippen molar-refractivity contribution in [1.29, 1.82) is 0 Å². The molecule has 3 aromatic rings. The highest BCUT2D eigenvalue weighted by Gasteiger charge is 2.30. The van der Waals surface area contributed by atoms with Gasteiger partial charge in [0.2, 0.25) is 11.8 Å². The van der Waals surface area contributed by atoms with Crippen molar-refractivity contribution in [3.63, 3.8) is 0 Å². The molecule has 1 aromatic carbocycles. The molecule has 2 N–H and O–H groups in total. The number of carbonyl (C=O) groups excluding carboxylic acids is 2. The van der Waals surface area contributed by atoms with Crippen molar-refractivity contribution in [3.05, 3.63) is 65.6 Å². The molecule has 26 heavy (non-hydrogen) atoms. The van der Waals surface area contributed by atoms with Crippen LogP contribution in [0.2, 0.25) is 0 Å². The Morgan fingerprint density at radius 2 is 2.04 bits per heavy atom. The average Bonchev–Trinajstić information content (AvgIpc) is 3.18. The third kappa shape index (κ3) is 3.18. The number of pyridine rings is 1. The molecule has 1 aliphatic heterocycles. The molecule has 0 aliphatic carbocycles. The van der Waals surface area contributed by atoms with E-state index in [1.807, 2.05) is 42.7 Å². The van der Waals surface area contributed by atoms with Crippen LogP contribution in [0.3, 0.4) is 0 Å². The fraction of sp³-hybridized carbons (Fsp3) is 0.250. The van der Waals surface area contributed by atoms with E-state index in [0.717, 1.165) is 28.2 Å². The summed E-state index contributed by atoms with van der Waals surface area (Å²) in [5.74, 6) is -0.593. The summed E-state index contributed by atoms with van der Waals surface area (Å²) in [6, 6.07) is 12.1. The molecule has 1 atom stereocenters. The fourth-order valence-electron chi connectivity index (χ4n) is 3.34. The molecular weight excluding hydrogens is 328 g/mol. The topological polar surface area (TPSA) is 75.5 Å². The van der Waals surface area contributed by atoms with Gasteiger partial charge in [0.15, 0.2) is 0 Å². The van der Waals surface area contributed by atoms with Crippen molar-refractivity contribution in [2.75, 3.05) is 5.32 Å². The molecule has 2 aromatic heterocycles. The highest BCUT2D eigenvalue weighted by Crippen LogP contribution is 2.19. The van der Waals surface area contributed by atoms with Gasteiger partial charge >= 0.3 is 0 Å². The second-order valence-corrected chi connectivity index (χ2v) is 6.70. The molecular formula is C20H20N4O2. The Morgan fingerprint density at radius 1 is 1.23 bits per heavy atom. The molecule has 2 amide bonds. The first-order valence-corrected chi connectivity index (χ1v) is 8.68. The van der Waals surface area contributed by atoms with Crippen LogP contribution in [0.15, 0.2) is 48.8 Å². The van der Waals surface area contributed by atoms with Gasteiger partial charge in [-0.3, -0.25) is 14.9 Å². The summed E-state index contributed by atoms with van der Waals surface area (Å²) in [5, 5.41) is 5.76. The van der Waals surface area contributed by atoms with Gasteiger partial charge in [-0.15, -0.1) is 0 Å². The van der Waals surface area contributed by atoms with Gasteiger partial charge in [0, 0.05) is 18.3 Å². The first-order valence-electron chi connectivity index (χ1n) is 8.68. The number of imide groups is 1. The Hall–Kier alpha value is -3.15. The van der Waals surface area contributed by atoms with Crippen LogP contribution in [0.5, 0.6) is 0 Å². The molecule has 1 aliphatic rings. The number of carbonyl (C=O) groups is 2. The second-order valence-electron chi connectivity index (χ2n) is 6.70. The van der Waals surface area contributed by atoms with Crippen molar-refractivity contribution < 1.29 is 9.59 Å². The average molecular weight is 348 g/mol. The van der Waals surface area contributed by atoms with Crippen LogP contribution in [-0.2, 0) is 22.6 Å². The molecule has 1 saturated heterocycles. The number of nitrogens with one attached hydrogen (secondary N) is 2. The first-order chi connectivity index (χ1) is 12.6. The zero-order chi connectivity index (χ0) is 18.1. The summed E-state index contributed by atoms with van der Waals surface area (Å²) >= 11 is 0. The van der Waals surface area contributed by atoms with Crippen molar-refractivity contribution in [2.24, 2.45) is 5.92 Å². The normalized spacial score (nSPS) is 16.9. The molecule has 0 radical (unpaired) electrons. The summed E-state index contributed by atoms with van der Waals surface area (Å²) in [6.45, 7) is 2.72. The predicted molar refractivity (Wildman–Crippen MR) is 98.7 cm³/mol. The Labute approximate surface area is 151 Å². The van der Waals surface area contributed by atoms with E-state index < -0.39 is 0 Å². The van der Waals surface area contributed by atoms with Crippen LogP contribution in [0.1, 0.15) is 23.2 Å². The standard InChI is InChI=1S/C20H20N4O2/c1-13-3-2-8-24-17(12-22-19(13)24)11-21-16-6-4-14(5-7-16)9-15-10-18(25)23-20(15)26/h2-8,12,15,21H,9-11H2,1H3,(H,23,25,26)/t15-/m1/s1. The summed E-state index contributed by atoms with van der Waals surface area (Å²) in [7, 11) is 0. The maximum absolute atomic E-state index is 11.7. The Kier molecular flexibility index (Phi) is 4.16. The molecule has 0 unspecified atom stereocenters. The molecule has 3 heterocycles. The van der Waals surface area contributed by atoms with E-state index in [-0.39, 0.29) is 24.2 Å². The van der Waals surface area contributed by atoms with Gasteiger partial charge in [-0.05, 0) is 42.7 Å². The highest BCUT2D eigenvalue weighted by atomic mass is 16.2. The minimum atomic E-state index is -0.247. The number of aryl methyl sites for hydroxylation is 1. The molecule has 0 saturated carbocycles. The smallest absolute Gasteiger partial charge is 0.230 e. The van der Waals surface area contributed by atoms with E-state index in [0.29, 0.717) is 13.0 Å². The number of imidazole rings is 1. The number of anilines is 1. The lowest BCUT2D eigenvalue weighted by atomic mass is 9.98. The van der Waals surface area contributed by atoms with Gasteiger partial charge in [0.05, 0.1) is 24.4 Å². The van der Waals surface area contributed by atoms with Crippen molar-refractivity contribution in [1.82, 2.24) is 14.7 Å². The van der Waals surface area contributed by atoms with E-state index in [2.05, 4.69) is 33.0 Å². The van der Waals surface area contributed by atoms with Gasteiger partial charge in [-0.2, -0.15) is 0 Å². The molecule has 6 heteroatoms. The van der Waals surface area contributed by atoms with E-state index >= 15 is 0 Å². The minimum Gasteiger partial charge on any atom is -0.379 e. The van der Waals surface area contributed by atoms with Crippen LogP contribution in [0.25, 0.3) is 5.65 Å². The molecule has 6 nitrogen and oxygen atoms in total. The lowest BCUT2D eigenvalue weighted by molar-refractivity contribution is -0.125. The third-order valence-corrected chi connectivity index (χ3v) is 4.78.